The van der Waals surface area contributed by atoms with Crippen LogP contribution in [0.25, 0.3) is 0 Å². The van der Waals surface area contributed by atoms with Gasteiger partial charge in [-0.25, -0.2) is 0 Å². The van der Waals surface area contributed by atoms with Crippen molar-refractivity contribution in [3.05, 3.63) is 64.2 Å². The van der Waals surface area contributed by atoms with Gasteiger partial charge in [0.15, 0.2) is 0 Å². The Morgan fingerprint density at radius 2 is 1.87 bits per heavy atom. The normalized spacial score (nSPS) is 10.6. The number of anilines is 1. The van der Waals surface area contributed by atoms with Crippen LogP contribution in [0.5, 0.6) is 0 Å². The zero-order valence-corrected chi connectivity index (χ0v) is 14.4. The Morgan fingerprint density at radius 1 is 1.09 bits per heavy atom. The minimum atomic E-state index is 0.0361. The fourth-order valence-corrected chi connectivity index (χ4v) is 2.56. The number of halogens is 1. The Hall–Kier alpha value is -1.84. The first-order valence-corrected chi connectivity index (χ1v) is 8.25. The number of carbonyl (C=O) groups is 1. The molecule has 1 amide bonds. The van der Waals surface area contributed by atoms with Gasteiger partial charge in [-0.15, -0.1) is 0 Å². The first kappa shape index (κ1) is 17.5. The van der Waals surface area contributed by atoms with Crippen molar-refractivity contribution in [2.45, 2.75) is 26.7 Å². The minimum absolute atomic E-state index is 0.0361. The van der Waals surface area contributed by atoms with Gasteiger partial charge in [-0.2, -0.15) is 0 Å². The van der Waals surface area contributed by atoms with Crippen LogP contribution >= 0.6 is 11.6 Å². The maximum absolute atomic E-state index is 12.0. The van der Waals surface area contributed by atoms with Gasteiger partial charge < -0.3 is 10.6 Å². The van der Waals surface area contributed by atoms with Crippen LogP contribution in [0, 0.1) is 13.8 Å². The Bertz CT molecular complexity index is 670. The lowest BCUT2D eigenvalue weighted by Crippen LogP contribution is -2.23. The van der Waals surface area contributed by atoms with Crippen LogP contribution in [0.1, 0.15) is 23.1 Å². The first-order chi connectivity index (χ1) is 11.1. The van der Waals surface area contributed by atoms with E-state index in [2.05, 4.69) is 16.7 Å². The molecule has 0 saturated heterocycles. The first-order valence-electron chi connectivity index (χ1n) is 7.87. The predicted molar refractivity (Wildman–Crippen MR) is 97.2 cm³/mol. The fourth-order valence-electron chi connectivity index (χ4n) is 2.35. The summed E-state index contributed by atoms with van der Waals surface area (Å²) >= 11 is 5.95. The van der Waals surface area contributed by atoms with E-state index in [1.165, 1.54) is 11.1 Å². The van der Waals surface area contributed by atoms with Crippen LogP contribution in [0.15, 0.2) is 42.5 Å². The van der Waals surface area contributed by atoms with Crippen molar-refractivity contribution in [3.63, 3.8) is 0 Å². The minimum Gasteiger partial charge on any atom is -0.326 e. The van der Waals surface area contributed by atoms with Crippen LogP contribution in [0.3, 0.4) is 0 Å². The predicted octanol–water partition coefficient (Wildman–Crippen LogP) is 4.12. The third-order valence-corrected chi connectivity index (χ3v) is 4.12. The van der Waals surface area contributed by atoms with Gasteiger partial charge in [0, 0.05) is 23.7 Å². The molecule has 3 nitrogen and oxygen atoms in total. The van der Waals surface area contributed by atoms with E-state index in [9.17, 15) is 4.79 Å². The van der Waals surface area contributed by atoms with Crippen LogP contribution in [0.4, 0.5) is 5.69 Å². The van der Waals surface area contributed by atoms with Crippen LogP contribution in [-0.2, 0) is 11.2 Å². The molecule has 0 heterocycles. The van der Waals surface area contributed by atoms with Crippen LogP contribution < -0.4 is 10.6 Å². The molecule has 2 aromatic carbocycles. The number of rotatable bonds is 7. The molecule has 23 heavy (non-hydrogen) atoms. The smallest absolute Gasteiger partial charge is 0.225 e. The molecule has 2 aromatic rings. The molecule has 0 aliphatic heterocycles. The van der Waals surface area contributed by atoms with Gasteiger partial charge in [-0.1, -0.05) is 35.9 Å². The zero-order valence-electron chi connectivity index (χ0n) is 13.7. The van der Waals surface area contributed by atoms with Gasteiger partial charge in [0.05, 0.1) is 0 Å². The molecule has 122 valence electrons. The maximum atomic E-state index is 12.0. The summed E-state index contributed by atoms with van der Waals surface area (Å²) in [6.45, 7) is 5.56. The lowest BCUT2D eigenvalue weighted by Gasteiger charge is -2.10. The quantitative estimate of drug-likeness (QED) is 0.750. The number of aryl methyl sites for hydroxylation is 1. The molecule has 0 unspecified atom stereocenters. The summed E-state index contributed by atoms with van der Waals surface area (Å²) < 4.78 is 0. The largest absolute Gasteiger partial charge is 0.326 e. The lowest BCUT2D eigenvalue weighted by molar-refractivity contribution is -0.116. The van der Waals surface area contributed by atoms with E-state index < -0.39 is 0 Å². The van der Waals surface area contributed by atoms with E-state index in [1.807, 2.05) is 50.2 Å². The van der Waals surface area contributed by atoms with Gasteiger partial charge in [-0.3, -0.25) is 4.79 Å². The van der Waals surface area contributed by atoms with Gasteiger partial charge >= 0.3 is 0 Å². The highest BCUT2D eigenvalue weighted by atomic mass is 35.5. The van der Waals surface area contributed by atoms with Crippen LogP contribution in [-0.4, -0.2) is 19.0 Å². The highest BCUT2D eigenvalue weighted by Gasteiger charge is 2.05. The average Bonchev–Trinajstić information content (AvgIpc) is 2.51. The number of benzene rings is 2. The number of hydrogen-bond acceptors (Lipinski definition) is 2. The summed E-state index contributed by atoms with van der Waals surface area (Å²) in [7, 11) is 0. The Morgan fingerprint density at radius 3 is 2.65 bits per heavy atom. The fraction of sp³-hybridized carbons (Fsp3) is 0.316. The second-order valence-electron chi connectivity index (χ2n) is 5.68. The molecule has 0 fully saturated rings. The molecular formula is C19H23ClN2O. The van der Waals surface area contributed by atoms with Gasteiger partial charge in [0.2, 0.25) is 5.91 Å². The van der Waals surface area contributed by atoms with Gasteiger partial charge in [0.25, 0.3) is 0 Å². The molecule has 0 aliphatic carbocycles. The highest BCUT2D eigenvalue weighted by molar-refractivity contribution is 6.30. The van der Waals surface area contributed by atoms with Gasteiger partial charge in [0.1, 0.15) is 0 Å². The number of amides is 1. The molecule has 0 saturated carbocycles. The summed E-state index contributed by atoms with van der Waals surface area (Å²) in [5.41, 5.74) is 4.40. The summed E-state index contributed by atoms with van der Waals surface area (Å²) in [4.78, 5) is 12.0. The average molecular weight is 331 g/mol. The van der Waals surface area contributed by atoms with E-state index in [-0.39, 0.29) is 5.91 Å². The second-order valence-corrected chi connectivity index (χ2v) is 6.11. The maximum Gasteiger partial charge on any atom is 0.225 e. The monoisotopic (exact) mass is 330 g/mol. The molecule has 2 N–H and O–H groups in total. The van der Waals surface area contributed by atoms with E-state index in [1.54, 1.807) is 0 Å². The SMILES string of the molecule is Cc1cccc(NC(=O)CCNCCc2cccc(Cl)c2)c1C. The van der Waals surface area contributed by atoms with E-state index in [0.29, 0.717) is 13.0 Å². The summed E-state index contributed by atoms with van der Waals surface area (Å²) in [6, 6.07) is 13.8. The Labute approximate surface area is 143 Å². The summed E-state index contributed by atoms with van der Waals surface area (Å²) in [5.74, 6) is 0.0361. The molecule has 0 aromatic heterocycles. The highest BCUT2D eigenvalue weighted by Crippen LogP contribution is 2.17. The van der Waals surface area contributed by atoms with E-state index in [4.69, 9.17) is 11.6 Å². The van der Waals surface area contributed by atoms with Crippen molar-refractivity contribution in [2.75, 3.05) is 18.4 Å². The van der Waals surface area contributed by atoms with E-state index in [0.717, 1.165) is 29.2 Å². The van der Waals surface area contributed by atoms with Crippen molar-refractivity contribution in [2.24, 2.45) is 0 Å². The molecule has 4 heteroatoms. The molecule has 0 atom stereocenters. The summed E-state index contributed by atoms with van der Waals surface area (Å²) in [5, 5.41) is 7.02. The van der Waals surface area contributed by atoms with Gasteiger partial charge in [-0.05, 0) is 61.7 Å². The van der Waals surface area contributed by atoms with Crippen molar-refractivity contribution in [1.82, 2.24) is 5.32 Å². The lowest BCUT2D eigenvalue weighted by atomic mass is 10.1. The Balaban J connectivity index is 1.68. The molecule has 0 radical (unpaired) electrons. The standard InChI is InChI=1S/C19H23ClN2O/c1-14-5-3-8-18(15(14)2)22-19(23)10-12-21-11-9-16-6-4-7-17(20)13-16/h3-8,13,21H,9-12H2,1-2H3,(H,22,23). The third kappa shape index (κ3) is 5.70. The molecule has 0 spiro atoms. The molecular weight excluding hydrogens is 308 g/mol. The Kier molecular flexibility index (Phi) is 6.63. The van der Waals surface area contributed by atoms with Crippen molar-refractivity contribution in [3.8, 4) is 0 Å². The zero-order chi connectivity index (χ0) is 16.7. The topological polar surface area (TPSA) is 41.1 Å². The van der Waals surface area contributed by atoms with E-state index >= 15 is 0 Å². The second kappa shape index (κ2) is 8.70. The number of nitrogens with one attached hydrogen (secondary N) is 2. The molecule has 0 bridgehead atoms. The third-order valence-electron chi connectivity index (χ3n) is 3.89. The molecule has 2 rings (SSSR count). The number of carbonyl (C=O) groups excluding carboxylic acids is 1. The molecule has 0 aliphatic rings. The van der Waals surface area contributed by atoms with Crippen molar-refractivity contribution < 1.29 is 4.79 Å². The van der Waals surface area contributed by atoms with Crippen molar-refractivity contribution >= 4 is 23.2 Å². The summed E-state index contributed by atoms with van der Waals surface area (Å²) in [6.07, 6.45) is 1.36. The van der Waals surface area contributed by atoms with Crippen molar-refractivity contribution in [1.29, 1.82) is 0 Å². The number of hydrogen-bond donors (Lipinski definition) is 2. The van der Waals surface area contributed by atoms with Crippen LogP contribution in [0.2, 0.25) is 5.02 Å².